The number of hydrogen-bond donors (Lipinski definition) is 1. The van der Waals surface area contributed by atoms with Gasteiger partial charge in [0.15, 0.2) is 0 Å². The molecule has 0 aromatic carbocycles. The summed E-state index contributed by atoms with van der Waals surface area (Å²) < 4.78 is 0. The quantitative estimate of drug-likeness (QED) is 0.916. The molecule has 1 N–H and O–H groups in total. The van der Waals surface area contributed by atoms with E-state index in [-0.39, 0.29) is 12.4 Å². The Morgan fingerprint density at radius 2 is 1.26 bits per heavy atom. The second-order valence-corrected chi connectivity index (χ2v) is 3.19. The first-order valence-electron chi connectivity index (χ1n) is 5.69. The molecule has 4 nitrogen and oxygen atoms in total. The molecular weight excluding hydrogens is 264 g/mol. The molecule has 0 saturated carbocycles. The van der Waals surface area contributed by atoms with Crippen LogP contribution < -0.4 is 0 Å². The number of rotatable bonds is 2. The van der Waals surface area contributed by atoms with Crippen LogP contribution in [-0.4, -0.2) is 21.0 Å². The lowest BCUT2D eigenvalue weighted by Crippen LogP contribution is -1.90. The molecule has 0 aliphatic rings. The van der Waals surface area contributed by atoms with Crippen molar-refractivity contribution in [3.8, 4) is 0 Å². The minimum atomic E-state index is -0.711. The second-order valence-electron chi connectivity index (χ2n) is 3.19. The van der Waals surface area contributed by atoms with Crippen LogP contribution in [0.1, 0.15) is 19.8 Å². The number of pyridine rings is 2. The van der Waals surface area contributed by atoms with E-state index in [0.29, 0.717) is 6.42 Å². The van der Waals surface area contributed by atoms with Gasteiger partial charge in [-0.25, -0.2) is 0 Å². The molecule has 2 aromatic heterocycles. The van der Waals surface area contributed by atoms with Crippen LogP contribution >= 0.6 is 12.4 Å². The molecule has 0 radical (unpaired) electrons. The van der Waals surface area contributed by atoms with Crippen LogP contribution in [-0.2, 0) is 4.79 Å². The van der Waals surface area contributed by atoms with Crippen molar-refractivity contribution in [1.82, 2.24) is 9.97 Å². The molecule has 5 heteroatoms. The van der Waals surface area contributed by atoms with Gasteiger partial charge in [-0.05, 0) is 30.7 Å². The average Bonchev–Trinajstić information content (AvgIpc) is 2.44. The minimum absolute atomic E-state index is 0. The molecule has 19 heavy (non-hydrogen) atoms. The number of carboxylic acids is 1. The summed E-state index contributed by atoms with van der Waals surface area (Å²) in [6.45, 7) is 1.84. The predicted molar refractivity (Wildman–Crippen MR) is 78.3 cm³/mol. The maximum atomic E-state index is 9.60. The molecule has 2 heterocycles. The Hall–Kier alpha value is -1.94. The highest BCUT2D eigenvalue weighted by Crippen LogP contribution is 1.82. The first-order chi connectivity index (χ1) is 8.77. The van der Waals surface area contributed by atoms with Gasteiger partial charge < -0.3 is 5.11 Å². The van der Waals surface area contributed by atoms with E-state index in [9.17, 15) is 4.79 Å². The van der Waals surface area contributed by atoms with E-state index < -0.39 is 5.97 Å². The third-order valence-corrected chi connectivity index (χ3v) is 1.60. The summed E-state index contributed by atoms with van der Waals surface area (Å²) >= 11 is 0. The Labute approximate surface area is 120 Å². The smallest absolute Gasteiger partial charge is 0.303 e. The van der Waals surface area contributed by atoms with Gasteiger partial charge >= 0.3 is 5.97 Å². The monoisotopic (exact) mass is 282 g/mol. The van der Waals surface area contributed by atoms with Gasteiger partial charge in [0.05, 0.1) is 0 Å². The number of halogens is 1. The number of aromatic nitrogens is 2. The number of hydrogen-bond acceptors (Lipinski definition) is 3. The van der Waals surface area contributed by atoms with Crippen molar-refractivity contribution >= 4 is 18.4 Å². The molecule has 0 aliphatic carbocycles. The number of carbonyl (C=O) groups is 1. The van der Waals surface area contributed by atoms with E-state index in [1.165, 1.54) is 0 Å². The standard InChI is InChI=1S/2C5H5N.C4H8O2.ClH/c2*1-2-4-6-5-3-1;1-2-3-4(5)6;/h2*1-5H;2-3H2,1H3,(H,5,6);1H. The zero-order chi connectivity index (χ0) is 13.5. The highest BCUT2D eigenvalue weighted by Gasteiger charge is 1.87. The van der Waals surface area contributed by atoms with Gasteiger partial charge in [-0.3, -0.25) is 14.8 Å². The van der Waals surface area contributed by atoms with Crippen LogP contribution in [0.3, 0.4) is 0 Å². The molecule has 2 rings (SSSR count). The molecule has 0 saturated heterocycles. The van der Waals surface area contributed by atoms with E-state index in [1.54, 1.807) is 24.8 Å². The lowest BCUT2D eigenvalue weighted by Gasteiger charge is -1.79. The fourth-order valence-corrected chi connectivity index (χ4v) is 0.839. The molecule has 0 fully saturated rings. The maximum absolute atomic E-state index is 9.60. The molecule has 0 amide bonds. The Balaban J connectivity index is 0. The zero-order valence-electron chi connectivity index (χ0n) is 10.8. The highest BCUT2D eigenvalue weighted by atomic mass is 35.5. The SMILES string of the molecule is CCCC(=O)O.Cl.c1ccncc1.c1ccncc1. The summed E-state index contributed by atoms with van der Waals surface area (Å²) in [5, 5.41) is 7.91. The van der Waals surface area contributed by atoms with Crippen LogP contribution in [0.5, 0.6) is 0 Å². The van der Waals surface area contributed by atoms with Gasteiger partial charge in [0.2, 0.25) is 0 Å². The second kappa shape index (κ2) is 16.1. The Morgan fingerprint density at radius 3 is 1.32 bits per heavy atom. The van der Waals surface area contributed by atoms with Crippen molar-refractivity contribution in [3.05, 3.63) is 61.2 Å². The van der Waals surface area contributed by atoms with Crippen molar-refractivity contribution < 1.29 is 9.90 Å². The average molecular weight is 283 g/mol. The van der Waals surface area contributed by atoms with Crippen LogP contribution in [0.2, 0.25) is 0 Å². The van der Waals surface area contributed by atoms with E-state index in [4.69, 9.17) is 5.11 Å². The topological polar surface area (TPSA) is 63.1 Å². The summed E-state index contributed by atoms with van der Waals surface area (Å²) in [6, 6.07) is 11.4. The number of nitrogens with zero attached hydrogens (tertiary/aromatic N) is 2. The normalized spacial score (nSPS) is 7.63. The van der Waals surface area contributed by atoms with E-state index in [2.05, 4.69) is 9.97 Å². The molecule has 0 aliphatic heterocycles. The first kappa shape index (κ1) is 19.4. The molecular formula is C14H19ClN2O2. The maximum Gasteiger partial charge on any atom is 0.303 e. The number of aliphatic carboxylic acids is 1. The van der Waals surface area contributed by atoms with Crippen LogP contribution in [0, 0.1) is 0 Å². The van der Waals surface area contributed by atoms with Gasteiger partial charge in [-0.1, -0.05) is 19.1 Å². The first-order valence-corrected chi connectivity index (χ1v) is 5.69. The van der Waals surface area contributed by atoms with Crippen LogP contribution in [0.4, 0.5) is 0 Å². The van der Waals surface area contributed by atoms with Gasteiger partial charge in [0, 0.05) is 31.2 Å². The van der Waals surface area contributed by atoms with E-state index >= 15 is 0 Å². The van der Waals surface area contributed by atoms with Crippen LogP contribution in [0.15, 0.2) is 61.2 Å². The summed E-state index contributed by atoms with van der Waals surface area (Å²) in [4.78, 5) is 17.2. The third kappa shape index (κ3) is 18.6. The van der Waals surface area contributed by atoms with Gasteiger partial charge in [-0.2, -0.15) is 0 Å². The fourth-order valence-electron chi connectivity index (χ4n) is 0.839. The molecule has 0 bridgehead atoms. The summed E-state index contributed by atoms with van der Waals surface area (Å²) in [6.07, 6.45) is 8.02. The lowest BCUT2D eigenvalue weighted by atomic mass is 10.4. The van der Waals surface area contributed by atoms with Crippen molar-refractivity contribution in [2.45, 2.75) is 19.8 Å². The highest BCUT2D eigenvalue weighted by molar-refractivity contribution is 5.85. The van der Waals surface area contributed by atoms with Crippen molar-refractivity contribution in [2.24, 2.45) is 0 Å². The van der Waals surface area contributed by atoms with Gasteiger partial charge in [0.25, 0.3) is 0 Å². The third-order valence-electron chi connectivity index (χ3n) is 1.60. The van der Waals surface area contributed by atoms with Crippen molar-refractivity contribution in [1.29, 1.82) is 0 Å². The van der Waals surface area contributed by atoms with Crippen molar-refractivity contribution in [2.75, 3.05) is 0 Å². The minimum Gasteiger partial charge on any atom is -0.481 e. The largest absolute Gasteiger partial charge is 0.481 e. The molecule has 0 unspecified atom stereocenters. The zero-order valence-corrected chi connectivity index (χ0v) is 11.7. The molecule has 0 spiro atoms. The van der Waals surface area contributed by atoms with Crippen LogP contribution in [0.25, 0.3) is 0 Å². The van der Waals surface area contributed by atoms with E-state index in [0.717, 1.165) is 6.42 Å². The van der Waals surface area contributed by atoms with E-state index in [1.807, 2.05) is 43.3 Å². The number of carboxylic acid groups (broad SMARTS) is 1. The van der Waals surface area contributed by atoms with Gasteiger partial charge in [-0.15, -0.1) is 12.4 Å². The Bertz CT molecular complexity index is 300. The summed E-state index contributed by atoms with van der Waals surface area (Å²) in [5.74, 6) is -0.711. The lowest BCUT2D eigenvalue weighted by molar-refractivity contribution is -0.137. The summed E-state index contributed by atoms with van der Waals surface area (Å²) in [5.41, 5.74) is 0. The molecule has 2 aromatic rings. The van der Waals surface area contributed by atoms with Gasteiger partial charge in [0.1, 0.15) is 0 Å². The fraction of sp³-hybridized carbons (Fsp3) is 0.214. The molecule has 0 atom stereocenters. The Morgan fingerprint density at radius 1 is 0.895 bits per heavy atom. The summed E-state index contributed by atoms with van der Waals surface area (Å²) in [7, 11) is 0. The predicted octanol–water partition coefficient (Wildman–Crippen LogP) is 3.46. The Kier molecular flexibility index (Phi) is 16.4. The van der Waals surface area contributed by atoms with Crippen molar-refractivity contribution in [3.63, 3.8) is 0 Å². The molecule has 104 valence electrons.